The average molecular weight is 190 g/mol. The van der Waals surface area contributed by atoms with Crippen molar-refractivity contribution in [2.24, 2.45) is 0 Å². The molecule has 0 aliphatic heterocycles. The van der Waals surface area contributed by atoms with E-state index in [9.17, 15) is 0 Å². The molecule has 0 N–H and O–H groups in total. The molecule has 0 saturated heterocycles. The lowest BCUT2D eigenvalue weighted by Crippen LogP contribution is -2.21. The first kappa shape index (κ1) is 9.12. The van der Waals surface area contributed by atoms with Crippen LogP contribution in [-0.2, 0) is 5.54 Å². The maximum atomic E-state index is 4.39. The van der Waals surface area contributed by atoms with E-state index in [0.29, 0.717) is 0 Å². The van der Waals surface area contributed by atoms with Crippen LogP contribution in [0.4, 0.5) is 0 Å². The van der Waals surface area contributed by atoms with E-state index < -0.39 is 0 Å². The normalized spacial score (nSPS) is 12.3. The molecule has 14 heavy (non-hydrogen) atoms. The largest absolute Gasteiger partial charge is 0.310 e. The van der Waals surface area contributed by atoms with Gasteiger partial charge in [0, 0.05) is 5.54 Å². The molecule has 0 unspecified atom stereocenters. The second-order valence-corrected chi connectivity index (χ2v) is 4.41. The molecule has 0 amide bonds. The zero-order valence-electron chi connectivity index (χ0n) is 8.94. The number of aryl methyl sites for hydroxylation is 1. The van der Waals surface area contributed by atoms with Gasteiger partial charge < -0.3 is 4.57 Å². The third-order valence-corrected chi connectivity index (χ3v) is 2.13. The molecule has 0 aliphatic rings. The van der Waals surface area contributed by atoms with E-state index in [2.05, 4.69) is 40.3 Å². The Balaban J connectivity index is 2.73. The van der Waals surface area contributed by atoms with Crippen LogP contribution in [0, 0.1) is 6.92 Å². The van der Waals surface area contributed by atoms with Crippen molar-refractivity contribution in [3.8, 4) is 0 Å². The van der Waals surface area contributed by atoms with Crippen LogP contribution in [0.5, 0.6) is 0 Å². The number of imidazole rings is 1. The van der Waals surface area contributed by atoms with Crippen molar-refractivity contribution >= 4 is 11.2 Å². The molecule has 4 nitrogen and oxygen atoms in total. The molecule has 0 aliphatic carbocycles. The molecule has 0 aromatic carbocycles. The van der Waals surface area contributed by atoms with Gasteiger partial charge in [-0.3, -0.25) is 0 Å². The standard InChI is InChI=1S/C10H14N4/c1-7-11-5-8-9(13-7)14(6-12-8)10(2,3)4/h5-6H,1-4H3. The fourth-order valence-corrected chi connectivity index (χ4v) is 1.39. The predicted molar refractivity (Wildman–Crippen MR) is 55.1 cm³/mol. The van der Waals surface area contributed by atoms with E-state index in [1.165, 1.54) is 0 Å². The maximum absolute atomic E-state index is 4.39. The Morgan fingerprint density at radius 2 is 1.93 bits per heavy atom. The van der Waals surface area contributed by atoms with Gasteiger partial charge in [0.05, 0.1) is 12.5 Å². The van der Waals surface area contributed by atoms with Crippen LogP contribution < -0.4 is 0 Å². The molecule has 2 rings (SSSR count). The zero-order valence-corrected chi connectivity index (χ0v) is 8.94. The van der Waals surface area contributed by atoms with Crippen LogP contribution in [0.3, 0.4) is 0 Å². The summed E-state index contributed by atoms with van der Waals surface area (Å²) in [5, 5.41) is 0. The summed E-state index contributed by atoms with van der Waals surface area (Å²) in [5.41, 5.74) is 1.77. The molecule has 0 bridgehead atoms. The third kappa shape index (κ3) is 1.36. The summed E-state index contributed by atoms with van der Waals surface area (Å²) >= 11 is 0. The SMILES string of the molecule is Cc1ncc2ncn(C(C)(C)C)c2n1. The van der Waals surface area contributed by atoms with Crippen molar-refractivity contribution in [3.05, 3.63) is 18.3 Å². The first-order valence-electron chi connectivity index (χ1n) is 4.65. The van der Waals surface area contributed by atoms with E-state index in [4.69, 9.17) is 0 Å². The van der Waals surface area contributed by atoms with Gasteiger partial charge in [-0.15, -0.1) is 0 Å². The summed E-state index contributed by atoms with van der Waals surface area (Å²) in [6, 6.07) is 0. The van der Waals surface area contributed by atoms with Gasteiger partial charge in [0.2, 0.25) is 0 Å². The van der Waals surface area contributed by atoms with Gasteiger partial charge in [-0.05, 0) is 27.7 Å². The van der Waals surface area contributed by atoms with Crippen LogP contribution >= 0.6 is 0 Å². The van der Waals surface area contributed by atoms with Crippen molar-refractivity contribution in [1.29, 1.82) is 0 Å². The van der Waals surface area contributed by atoms with Gasteiger partial charge >= 0.3 is 0 Å². The second kappa shape index (κ2) is 2.77. The Hall–Kier alpha value is -1.45. The van der Waals surface area contributed by atoms with E-state index in [1.807, 2.05) is 13.3 Å². The number of fused-ring (bicyclic) bond motifs is 1. The quantitative estimate of drug-likeness (QED) is 0.637. The Bertz CT molecular complexity index is 464. The monoisotopic (exact) mass is 190 g/mol. The molecule has 4 heteroatoms. The fourth-order valence-electron chi connectivity index (χ4n) is 1.39. The average Bonchev–Trinajstić information content (AvgIpc) is 2.45. The summed E-state index contributed by atoms with van der Waals surface area (Å²) in [5.74, 6) is 0.781. The molecular formula is C10H14N4. The van der Waals surface area contributed by atoms with E-state index in [1.54, 1.807) is 6.20 Å². The number of aromatic nitrogens is 4. The topological polar surface area (TPSA) is 43.6 Å². The highest BCUT2D eigenvalue weighted by Gasteiger charge is 2.16. The third-order valence-electron chi connectivity index (χ3n) is 2.13. The second-order valence-electron chi connectivity index (χ2n) is 4.41. The molecule has 2 heterocycles. The molecule has 0 radical (unpaired) electrons. The molecule has 74 valence electrons. The van der Waals surface area contributed by atoms with E-state index in [-0.39, 0.29) is 5.54 Å². The number of nitrogens with zero attached hydrogens (tertiary/aromatic N) is 4. The van der Waals surface area contributed by atoms with Crippen LogP contribution in [-0.4, -0.2) is 19.5 Å². The first-order chi connectivity index (χ1) is 6.48. The van der Waals surface area contributed by atoms with Crippen molar-refractivity contribution in [2.75, 3.05) is 0 Å². The van der Waals surface area contributed by atoms with Crippen molar-refractivity contribution in [1.82, 2.24) is 19.5 Å². The van der Waals surface area contributed by atoms with Crippen LogP contribution in [0.2, 0.25) is 0 Å². The minimum Gasteiger partial charge on any atom is -0.310 e. The minimum atomic E-state index is 0.00947. The summed E-state index contributed by atoms with van der Waals surface area (Å²) in [7, 11) is 0. The lowest BCUT2D eigenvalue weighted by molar-refractivity contribution is 0.406. The molecule has 0 atom stereocenters. The highest BCUT2D eigenvalue weighted by Crippen LogP contribution is 2.19. The Morgan fingerprint density at radius 3 is 2.57 bits per heavy atom. The van der Waals surface area contributed by atoms with Gasteiger partial charge in [-0.25, -0.2) is 15.0 Å². The van der Waals surface area contributed by atoms with Crippen LogP contribution in [0.15, 0.2) is 12.5 Å². The minimum absolute atomic E-state index is 0.00947. The number of hydrogen-bond acceptors (Lipinski definition) is 3. The molecule has 0 spiro atoms. The molecule has 2 aromatic rings. The lowest BCUT2D eigenvalue weighted by Gasteiger charge is -2.20. The molecule has 0 saturated carbocycles. The zero-order chi connectivity index (χ0) is 10.3. The van der Waals surface area contributed by atoms with Gasteiger partial charge in [0.15, 0.2) is 5.65 Å². The fraction of sp³-hybridized carbons (Fsp3) is 0.500. The number of hydrogen-bond donors (Lipinski definition) is 0. The summed E-state index contributed by atoms with van der Waals surface area (Å²) in [6.45, 7) is 8.28. The summed E-state index contributed by atoms with van der Waals surface area (Å²) in [4.78, 5) is 12.8. The summed E-state index contributed by atoms with van der Waals surface area (Å²) in [6.07, 6.45) is 3.58. The van der Waals surface area contributed by atoms with Gasteiger partial charge in [0.25, 0.3) is 0 Å². The predicted octanol–water partition coefficient (Wildman–Crippen LogP) is 1.89. The smallest absolute Gasteiger partial charge is 0.164 e. The Labute approximate surface area is 83.0 Å². The molecular weight excluding hydrogens is 176 g/mol. The van der Waals surface area contributed by atoms with Crippen molar-refractivity contribution in [3.63, 3.8) is 0 Å². The van der Waals surface area contributed by atoms with Crippen LogP contribution in [0.25, 0.3) is 11.2 Å². The number of rotatable bonds is 0. The Morgan fingerprint density at radius 1 is 1.21 bits per heavy atom. The molecule has 2 aromatic heterocycles. The summed E-state index contributed by atoms with van der Waals surface area (Å²) < 4.78 is 2.07. The van der Waals surface area contributed by atoms with Gasteiger partial charge in [0.1, 0.15) is 11.3 Å². The van der Waals surface area contributed by atoms with Crippen molar-refractivity contribution in [2.45, 2.75) is 33.2 Å². The Kier molecular flexibility index (Phi) is 1.80. The van der Waals surface area contributed by atoms with E-state index >= 15 is 0 Å². The van der Waals surface area contributed by atoms with Crippen molar-refractivity contribution < 1.29 is 0 Å². The highest BCUT2D eigenvalue weighted by molar-refractivity contribution is 5.69. The van der Waals surface area contributed by atoms with Crippen LogP contribution in [0.1, 0.15) is 26.6 Å². The first-order valence-corrected chi connectivity index (χ1v) is 4.65. The van der Waals surface area contributed by atoms with Gasteiger partial charge in [-0.1, -0.05) is 0 Å². The highest BCUT2D eigenvalue weighted by atomic mass is 15.2. The maximum Gasteiger partial charge on any atom is 0.164 e. The molecule has 0 fully saturated rings. The van der Waals surface area contributed by atoms with Gasteiger partial charge in [-0.2, -0.15) is 0 Å². The van der Waals surface area contributed by atoms with E-state index in [0.717, 1.165) is 17.0 Å². The lowest BCUT2D eigenvalue weighted by atomic mass is 10.1.